The first-order chi connectivity index (χ1) is 14.5. The molecule has 8 nitrogen and oxygen atoms in total. The van der Waals surface area contributed by atoms with Gasteiger partial charge in [-0.1, -0.05) is 18.2 Å². The zero-order valence-corrected chi connectivity index (χ0v) is 16.5. The van der Waals surface area contributed by atoms with Crippen LogP contribution in [0, 0.1) is 5.82 Å². The first kappa shape index (κ1) is 18.3. The van der Waals surface area contributed by atoms with Crippen LogP contribution in [0.1, 0.15) is 18.4 Å². The van der Waals surface area contributed by atoms with E-state index in [1.165, 1.54) is 6.07 Å². The zero-order chi connectivity index (χ0) is 20.8. The molecule has 9 heteroatoms. The van der Waals surface area contributed by atoms with Crippen molar-refractivity contribution in [3.8, 4) is 11.5 Å². The van der Waals surface area contributed by atoms with Crippen molar-refractivity contribution in [2.24, 2.45) is 0 Å². The molecule has 0 amide bonds. The van der Waals surface area contributed by atoms with Gasteiger partial charge in [0.05, 0.1) is 11.9 Å². The Morgan fingerprint density at radius 3 is 2.53 bits per heavy atom. The molecular formula is C21H21FN8. The number of hydrogen-bond donors (Lipinski definition) is 2. The highest BCUT2D eigenvalue weighted by atomic mass is 19.1. The molecule has 152 valence electrons. The fourth-order valence-corrected chi connectivity index (χ4v) is 3.67. The molecule has 1 fully saturated rings. The van der Waals surface area contributed by atoms with E-state index in [0.717, 1.165) is 18.2 Å². The molecule has 30 heavy (non-hydrogen) atoms. The largest absolute Gasteiger partial charge is 0.382 e. The lowest BCUT2D eigenvalue weighted by atomic mass is 10.2. The second-order valence-electron chi connectivity index (χ2n) is 7.48. The lowest BCUT2D eigenvalue weighted by Gasteiger charge is -2.21. The number of fused-ring (bicyclic) bond motifs is 1. The predicted octanol–water partition coefficient (Wildman–Crippen LogP) is 2.84. The van der Waals surface area contributed by atoms with Gasteiger partial charge in [0.25, 0.3) is 0 Å². The molecule has 4 N–H and O–H groups in total. The number of nitrogens with zero attached hydrogens (tertiary/aromatic N) is 6. The van der Waals surface area contributed by atoms with E-state index in [9.17, 15) is 4.39 Å². The highest BCUT2D eigenvalue weighted by molar-refractivity contribution is 5.90. The van der Waals surface area contributed by atoms with E-state index in [2.05, 4.69) is 20.1 Å². The number of halogens is 1. The molecular weight excluding hydrogens is 383 g/mol. The first-order valence-corrected chi connectivity index (χ1v) is 9.74. The third-order valence-corrected chi connectivity index (χ3v) is 5.38. The van der Waals surface area contributed by atoms with Crippen molar-refractivity contribution in [3.05, 3.63) is 54.0 Å². The van der Waals surface area contributed by atoms with E-state index < -0.39 is 0 Å². The van der Waals surface area contributed by atoms with Crippen LogP contribution < -0.4 is 16.4 Å². The number of anilines is 3. The van der Waals surface area contributed by atoms with Crippen molar-refractivity contribution in [1.82, 2.24) is 24.7 Å². The fourth-order valence-electron chi connectivity index (χ4n) is 3.67. The third-order valence-electron chi connectivity index (χ3n) is 5.38. The van der Waals surface area contributed by atoms with Crippen LogP contribution in [0.2, 0.25) is 0 Å². The van der Waals surface area contributed by atoms with Gasteiger partial charge in [0.15, 0.2) is 23.1 Å². The number of benzene rings is 1. The number of pyridine rings is 1. The number of aromatic nitrogens is 5. The minimum absolute atomic E-state index is 0.230. The molecule has 1 saturated carbocycles. The molecule has 0 unspecified atom stereocenters. The topological polar surface area (TPSA) is 112 Å². The summed E-state index contributed by atoms with van der Waals surface area (Å²) in [6.45, 7) is 0.230. The van der Waals surface area contributed by atoms with Crippen LogP contribution in [0.3, 0.4) is 0 Å². The fraction of sp³-hybridized carbons (Fsp3) is 0.238. The molecule has 0 saturated heterocycles. The molecule has 0 atom stereocenters. The molecule has 0 radical (unpaired) electrons. The van der Waals surface area contributed by atoms with E-state index in [4.69, 9.17) is 11.5 Å². The average molecular weight is 404 g/mol. The summed E-state index contributed by atoms with van der Waals surface area (Å²) in [5, 5.41) is 5.38. The lowest BCUT2D eigenvalue weighted by molar-refractivity contribution is 0.589. The van der Waals surface area contributed by atoms with E-state index in [1.807, 2.05) is 24.1 Å². The predicted molar refractivity (Wildman–Crippen MR) is 114 cm³/mol. The molecule has 1 aromatic carbocycles. The molecule has 0 bridgehead atoms. The highest BCUT2D eigenvalue weighted by Crippen LogP contribution is 2.37. The Labute approximate surface area is 172 Å². The quantitative estimate of drug-likeness (QED) is 0.526. The van der Waals surface area contributed by atoms with E-state index in [-0.39, 0.29) is 12.4 Å². The van der Waals surface area contributed by atoms with Crippen LogP contribution >= 0.6 is 0 Å². The van der Waals surface area contributed by atoms with Gasteiger partial charge in [-0.2, -0.15) is 5.10 Å². The van der Waals surface area contributed by atoms with Gasteiger partial charge in [-0.15, -0.1) is 0 Å². The van der Waals surface area contributed by atoms with Crippen molar-refractivity contribution in [2.75, 3.05) is 23.4 Å². The van der Waals surface area contributed by atoms with E-state index >= 15 is 0 Å². The maximum absolute atomic E-state index is 14.2. The summed E-state index contributed by atoms with van der Waals surface area (Å²) in [5.74, 6) is 0.652. The Bertz CT molecular complexity index is 1220. The molecule has 5 rings (SSSR count). The van der Waals surface area contributed by atoms with Crippen molar-refractivity contribution >= 4 is 28.4 Å². The summed E-state index contributed by atoms with van der Waals surface area (Å²) in [6.07, 6.45) is 3.88. The van der Waals surface area contributed by atoms with E-state index in [0.29, 0.717) is 46.1 Å². The standard InChI is InChI=1S/C21H21FN8/c1-29(13-8-9-13)17-18(23)26-20(27-19(17)24)16-14-6-4-10-25-21(14)30(28-16)11-12-5-2-3-7-15(12)22/h2-7,10,13H,8-9,11H2,1H3,(H4,23,24,26,27). The van der Waals surface area contributed by atoms with Crippen molar-refractivity contribution in [2.45, 2.75) is 25.4 Å². The number of nitrogen functional groups attached to an aromatic ring is 2. The van der Waals surface area contributed by atoms with Gasteiger partial charge in [0.2, 0.25) is 0 Å². The second-order valence-corrected chi connectivity index (χ2v) is 7.48. The summed E-state index contributed by atoms with van der Waals surface area (Å²) in [6, 6.07) is 10.7. The van der Waals surface area contributed by atoms with Crippen LogP contribution in [-0.4, -0.2) is 37.8 Å². The van der Waals surface area contributed by atoms with Crippen LogP contribution in [0.15, 0.2) is 42.6 Å². The third kappa shape index (κ3) is 3.08. The summed E-state index contributed by atoms with van der Waals surface area (Å²) in [7, 11) is 1.95. The van der Waals surface area contributed by atoms with Crippen LogP contribution in [0.5, 0.6) is 0 Å². The Kier molecular flexibility index (Phi) is 4.23. The Morgan fingerprint density at radius 1 is 1.10 bits per heavy atom. The Balaban J connectivity index is 1.61. The second kappa shape index (κ2) is 6.94. The SMILES string of the molecule is CN(c1c(N)nc(-c2nn(Cc3ccccc3F)c3ncccc23)nc1N)C1CC1. The molecule has 3 aromatic heterocycles. The smallest absolute Gasteiger partial charge is 0.184 e. The minimum Gasteiger partial charge on any atom is -0.382 e. The molecule has 1 aliphatic carbocycles. The van der Waals surface area contributed by atoms with Crippen molar-refractivity contribution < 1.29 is 4.39 Å². The van der Waals surface area contributed by atoms with Crippen molar-refractivity contribution in [1.29, 1.82) is 0 Å². The van der Waals surface area contributed by atoms with Gasteiger partial charge in [0, 0.05) is 24.8 Å². The summed E-state index contributed by atoms with van der Waals surface area (Å²) >= 11 is 0. The molecule has 1 aliphatic rings. The van der Waals surface area contributed by atoms with Gasteiger partial charge in [0.1, 0.15) is 17.2 Å². The Morgan fingerprint density at radius 2 is 1.83 bits per heavy atom. The van der Waals surface area contributed by atoms with E-state index in [1.54, 1.807) is 29.1 Å². The summed E-state index contributed by atoms with van der Waals surface area (Å²) in [5.41, 5.74) is 14.8. The van der Waals surface area contributed by atoms with Gasteiger partial charge in [-0.25, -0.2) is 24.0 Å². The molecule has 3 heterocycles. The van der Waals surface area contributed by atoms with Gasteiger partial charge in [-0.05, 0) is 31.0 Å². The molecule has 4 aromatic rings. The molecule has 0 spiro atoms. The van der Waals surface area contributed by atoms with Crippen LogP contribution in [-0.2, 0) is 6.54 Å². The van der Waals surface area contributed by atoms with Crippen LogP contribution in [0.25, 0.3) is 22.6 Å². The average Bonchev–Trinajstić information content (AvgIpc) is 3.52. The van der Waals surface area contributed by atoms with Crippen molar-refractivity contribution in [3.63, 3.8) is 0 Å². The number of hydrogen-bond acceptors (Lipinski definition) is 7. The first-order valence-electron chi connectivity index (χ1n) is 9.74. The maximum atomic E-state index is 14.2. The highest BCUT2D eigenvalue weighted by Gasteiger charge is 2.30. The maximum Gasteiger partial charge on any atom is 0.184 e. The lowest BCUT2D eigenvalue weighted by Crippen LogP contribution is -2.23. The van der Waals surface area contributed by atoms with Gasteiger partial charge in [-0.3, -0.25) is 0 Å². The molecule has 0 aliphatic heterocycles. The van der Waals surface area contributed by atoms with Crippen LogP contribution in [0.4, 0.5) is 21.7 Å². The van der Waals surface area contributed by atoms with Gasteiger partial charge < -0.3 is 16.4 Å². The van der Waals surface area contributed by atoms with Gasteiger partial charge >= 0.3 is 0 Å². The number of nitrogens with two attached hydrogens (primary N) is 2. The summed E-state index contributed by atoms with van der Waals surface area (Å²) in [4.78, 5) is 15.4. The summed E-state index contributed by atoms with van der Waals surface area (Å²) < 4.78 is 15.8. The monoisotopic (exact) mass is 404 g/mol. The normalized spacial score (nSPS) is 13.7. The zero-order valence-electron chi connectivity index (χ0n) is 16.5. The minimum atomic E-state index is -0.296. The number of rotatable bonds is 5. The Hall–Kier alpha value is -3.75.